The smallest absolute Gasteiger partial charge is 0.336 e. The molecule has 220 valence electrons. The van der Waals surface area contributed by atoms with Gasteiger partial charge in [-0.3, -0.25) is 0 Å². The molecule has 2 aromatic heterocycles. The molecule has 0 radical (unpaired) electrons. The van der Waals surface area contributed by atoms with E-state index in [-0.39, 0.29) is 17.0 Å². The molecule has 2 heterocycles. The van der Waals surface area contributed by atoms with Crippen LogP contribution in [0.15, 0.2) is 96.2 Å². The van der Waals surface area contributed by atoms with Crippen molar-refractivity contribution in [2.45, 2.75) is 25.0 Å². The molecule has 0 aliphatic heterocycles. The SMILES string of the molecule is Cc1cc(-c2cccc(-c3cc4ccccc4n3S(=O)(=O)C3(C)C=C(F)C=C(c4ccsc4C#N)C3)c2)c(Cl)cc1C(=O)O. The first-order chi connectivity index (χ1) is 20.9. The molecule has 5 aromatic rings. The molecule has 10 heteroatoms. The Labute approximate surface area is 262 Å². The Morgan fingerprint density at radius 3 is 2.57 bits per heavy atom. The number of aromatic nitrogens is 1. The molecule has 0 amide bonds. The summed E-state index contributed by atoms with van der Waals surface area (Å²) in [4.78, 5) is 12.0. The number of carboxylic acids is 1. The third kappa shape index (κ3) is 4.85. The number of halogens is 2. The van der Waals surface area contributed by atoms with Crippen LogP contribution in [0.1, 0.15) is 39.7 Å². The van der Waals surface area contributed by atoms with E-state index in [9.17, 15) is 23.6 Å². The Morgan fingerprint density at radius 2 is 1.82 bits per heavy atom. The second-order valence-electron chi connectivity index (χ2n) is 10.9. The van der Waals surface area contributed by atoms with Crippen LogP contribution in [0.4, 0.5) is 4.39 Å². The quantitative estimate of drug-likeness (QED) is 0.199. The van der Waals surface area contributed by atoms with E-state index in [1.807, 2.05) is 18.2 Å². The van der Waals surface area contributed by atoms with Crippen molar-refractivity contribution in [1.29, 1.82) is 5.26 Å². The predicted molar refractivity (Wildman–Crippen MR) is 173 cm³/mol. The number of hydrogen-bond acceptors (Lipinski definition) is 5. The average Bonchev–Trinajstić information content (AvgIpc) is 3.63. The number of hydrogen-bond donors (Lipinski definition) is 1. The zero-order valence-electron chi connectivity index (χ0n) is 23.5. The minimum absolute atomic E-state index is 0.0367. The lowest BCUT2D eigenvalue weighted by molar-refractivity contribution is 0.0696. The summed E-state index contributed by atoms with van der Waals surface area (Å²) < 4.78 is 44.3. The molecule has 1 unspecified atom stereocenters. The maximum atomic E-state index is 15.2. The fourth-order valence-corrected chi connectivity index (χ4v) is 8.60. The van der Waals surface area contributed by atoms with E-state index in [1.165, 1.54) is 34.4 Å². The highest BCUT2D eigenvalue weighted by molar-refractivity contribution is 7.91. The van der Waals surface area contributed by atoms with E-state index in [4.69, 9.17) is 11.6 Å². The highest BCUT2D eigenvalue weighted by atomic mass is 35.5. The summed E-state index contributed by atoms with van der Waals surface area (Å²) in [6.45, 7) is 3.18. The molecule has 0 saturated heterocycles. The van der Waals surface area contributed by atoms with Crippen LogP contribution < -0.4 is 0 Å². The number of carboxylic acid groups (broad SMARTS) is 1. The largest absolute Gasteiger partial charge is 0.478 e. The zero-order valence-corrected chi connectivity index (χ0v) is 25.9. The molecular formula is C34H24ClFN2O4S2. The van der Waals surface area contributed by atoms with Crippen molar-refractivity contribution in [2.75, 3.05) is 0 Å². The molecule has 1 aliphatic carbocycles. The number of para-hydroxylation sites is 1. The van der Waals surface area contributed by atoms with Crippen LogP contribution >= 0.6 is 22.9 Å². The van der Waals surface area contributed by atoms with Crippen molar-refractivity contribution in [3.05, 3.63) is 123 Å². The summed E-state index contributed by atoms with van der Waals surface area (Å²) in [6, 6.07) is 23.0. The maximum Gasteiger partial charge on any atom is 0.336 e. The molecule has 1 aliphatic rings. The van der Waals surface area contributed by atoms with Gasteiger partial charge in [-0.2, -0.15) is 5.26 Å². The van der Waals surface area contributed by atoms with Crippen LogP contribution in [0.3, 0.4) is 0 Å². The molecule has 1 atom stereocenters. The first kappa shape index (κ1) is 29.6. The number of aromatic carboxylic acids is 1. The summed E-state index contributed by atoms with van der Waals surface area (Å²) >= 11 is 7.74. The molecule has 0 spiro atoms. The van der Waals surface area contributed by atoms with Crippen LogP contribution in [0.5, 0.6) is 0 Å². The van der Waals surface area contributed by atoms with Crippen LogP contribution in [0, 0.1) is 18.3 Å². The average molecular weight is 643 g/mol. The van der Waals surface area contributed by atoms with Crippen molar-refractivity contribution in [3.8, 4) is 28.5 Å². The summed E-state index contributed by atoms with van der Waals surface area (Å²) in [5.41, 5.74) is 4.24. The monoisotopic (exact) mass is 642 g/mol. The summed E-state index contributed by atoms with van der Waals surface area (Å²) in [5.74, 6) is -1.77. The molecule has 3 aromatic carbocycles. The van der Waals surface area contributed by atoms with E-state index < -0.39 is 26.6 Å². The number of benzene rings is 3. The van der Waals surface area contributed by atoms with Crippen LogP contribution in [-0.2, 0) is 10.0 Å². The number of aryl methyl sites for hydroxylation is 1. The molecule has 6 nitrogen and oxygen atoms in total. The fourth-order valence-electron chi connectivity index (χ4n) is 5.74. The summed E-state index contributed by atoms with van der Waals surface area (Å²) in [7, 11) is -4.32. The minimum Gasteiger partial charge on any atom is -0.478 e. The van der Waals surface area contributed by atoms with Gasteiger partial charge in [-0.15, -0.1) is 11.3 Å². The van der Waals surface area contributed by atoms with Crippen LogP contribution in [0.25, 0.3) is 38.9 Å². The van der Waals surface area contributed by atoms with E-state index >= 15 is 4.39 Å². The van der Waals surface area contributed by atoms with E-state index in [0.29, 0.717) is 54.9 Å². The lowest BCUT2D eigenvalue weighted by Crippen LogP contribution is -2.39. The zero-order chi connectivity index (χ0) is 31.4. The molecule has 1 N–H and O–H groups in total. The topological polar surface area (TPSA) is 100 Å². The predicted octanol–water partition coefficient (Wildman–Crippen LogP) is 8.85. The van der Waals surface area contributed by atoms with Crippen molar-refractivity contribution < 1.29 is 22.7 Å². The second kappa shape index (κ2) is 10.9. The number of fused-ring (bicyclic) bond motifs is 1. The molecule has 0 saturated carbocycles. The molecule has 0 fully saturated rings. The van der Waals surface area contributed by atoms with Gasteiger partial charge in [0.2, 0.25) is 10.0 Å². The molecular weight excluding hydrogens is 619 g/mol. The van der Waals surface area contributed by atoms with E-state index in [2.05, 4.69) is 6.07 Å². The van der Waals surface area contributed by atoms with Crippen LogP contribution in [-0.4, -0.2) is 28.2 Å². The van der Waals surface area contributed by atoms with Gasteiger partial charge in [-0.25, -0.2) is 21.6 Å². The van der Waals surface area contributed by atoms with Gasteiger partial charge in [0.1, 0.15) is 21.5 Å². The van der Waals surface area contributed by atoms with Crippen molar-refractivity contribution in [3.63, 3.8) is 0 Å². The number of thiophene rings is 1. The molecule has 6 rings (SSSR count). The Kier molecular flexibility index (Phi) is 7.33. The van der Waals surface area contributed by atoms with E-state index in [1.54, 1.807) is 60.8 Å². The molecule has 44 heavy (non-hydrogen) atoms. The number of rotatable bonds is 6. The number of carbonyl (C=O) groups is 1. The third-order valence-electron chi connectivity index (χ3n) is 7.92. The highest BCUT2D eigenvalue weighted by Gasteiger charge is 2.44. The highest BCUT2D eigenvalue weighted by Crippen LogP contribution is 2.43. The normalized spacial score (nSPS) is 16.8. The minimum atomic E-state index is -4.32. The number of nitriles is 1. The fraction of sp³-hybridized carbons (Fsp3) is 0.118. The van der Waals surface area contributed by atoms with E-state index in [0.717, 1.165) is 6.08 Å². The standard InChI is InChI=1S/C34H24ClFN2O4S2/c1-20-12-28(29(35)16-27(20)33(39)40)21-7-5-8-22(13-21)31-15-23-6-3-4-9-30(23)38(31)44(41,42)34(2)17-24(14-25(36)18-34)26-10-11-43-32(26)19-37/h3-16,18H,17H2,1-2H3,(H,39,40). The van der Waals surface area contributed by atoms with Gasteiger partial charge >= 0.3 is 5.97 Å². The summed E-state index contributed by atoms with van der Waals surface area (Å²) in [5, 5.41) is 21.7. The van der Waals surface area contributed by atoms with Gasteiger partial charge in [0.25, 0.3) is 0 Å². The first-order valence-electron chi connectivity index (χ1n) is 13.5. The van der Waals surface area contributed by atoms with Gasteiger partial charge in [0, 0.05) is 21.5 Å². The van der Waals surface area contributed by atoms with Crippen molar-refractivity contribution in [2.24, 2.45) is 0 Å². The lowest BCUT2D eigenvalue weighted by Gasteiger charge is -2.31. The Morgan fingerprint density at radius 1 is 1.07 bits per heavy atom. The van der Waals surface area contributed by atoms with Crippen molar-refractivity contribution in [1.82, 2.24) is 3.97 Å². The lowest BCUT2D eigenvalue weighted by atomic mass is 9.90. The second-order valence-corrected chi connectivity index (χ2v) is 14.4. The van der Waals surface area contributed by atoms with Gasteiger partial charge < -0.3 is 5.11 Å². The van der Waals surface area contributed by atoms with Gasteiger partial charge in [-0.1, -0.05) is 48.0 Å². The van der Waals surface area contributed by atoms with Gasteiger partial charge in [0.15, 0.2) is 0 Å². The molecule has 0 bridgehead atoms. The number of nitrogens with zero attached hydrogens (tertiary/aromatic N) is 2. The first-order valence-corrected chi connectivity index (χ1v) is 16.2. The summed E-state index contributed by atoms with van der Waals surface area (Å²) in [6.07, 6.45) is 2.39. The Balaban J connectivity index is 1.52. The Bertz CT molecular complexity index is 2220. The third-order valence-corrected chi connectivity index (χ3v) is 11.4. The Hall–Kier alpha value is -4.49. The van der Waals surface area contributed by atoms with Gasteiger partial charge in [-0.05, 0) is 96.5 Å². The van der Waals surface area contributed by atoms with Crippen molar-refractivity contribution >= 4 is 55.4 Å². The maximum absolute atomic E-state index is 15.2. The van der Waals surface area contributed by atoms with Gasteiger partial charge in [0.05, 0.1) is 16.8 Å². The number of allylic oxidation sites excluding steroid dienone is 3. The van der Waals surface area contributed by atoms with Crippen LogP contribution in [0.2, 0.25) is 5.02 Å².